The predicted octanol–water partition coefficient (Wildman–Crippen LogP) is 10.1. The van der Waals surface area contributed by atoms with Gasteiger partial charge in [0.25, 0.3) is 0 Å². The highest BCUT2D eigenvalue weighted by atomic mass is 14.9. The fraction of sp³-hybridized carbons (Fsp3) is 0.235. The summed E-state index contributed by atoms with van der Waals surface area (Å²) in [5.74, 6) is 0. The number of fused-ring (bicyclic) bond motifs is 2. The third kappa shape index (κ3) is 5.10. The Balaban J connectivity index is 1.61. The molecular formula is C34H35N. The molecule has 0 saturated heterocycles. The van der Waals surface area contributed by atoms with E-state index in [2.05, 4.69) is 115 Å². The van der Waals surface area contributed by atoms with Gasteiger partial charge in [-0.15, -0.1) is 0 Å². The van der Waals surface area contributed by atoms with Crippen LogP contribution in [0.4, 0.5) is 5.69 Å². The highest BCUT2D eigenvalue weighted by Gasteiger charge is 2.16. The van der Waals surface area contributed by atoms with Crippen molar-refractivity contribution in [2.75, 3.05) is 11.9 Å². The van der Waals surface area contributed by atoms with E-state index < -0.39 is 0 Å². The molecule has 176 valence electrons. The molecule has 0 aromatic heterocycles. The van der Waals surface area contributed by atoms with E-state index in [1.807, 2.05) is 0 Å². The molecule has 0 aliphatic rings. The number of benzene rings is 5. The van der Waals surface area contributed by atoms with Gasteiger partial charge in [0, 0.05) is 12.2 Å². The summed E-state index contributed by atoms with van der Waals surface area (Å²) in [6.45, 7) is 3.30. The van der Waals surface area contributed by atoms with Crippen LogP contribution in [0.2, 0.25) is 0 Å². The van der Waals surface area contributed by atoms with Crippen molar-refractivity contribution in [2.24, 2.45) is 0 Å². The molecule has 0 saturated carbocycles. The van der Waals surface area contributed by atoms with Crippen LogP contribution in [0.15, 0.2) is 103 Å². The van der Waals surface area contributed by atoms with Crippen molar-refractivity contribution in [3.8, 4) is 22.3 Å². The van der Waals surface area contributed by atoms with Gasteiger partial charge in [0.05, 0.1) is 0 Å². The number of unbranched alkanes of at least 4 members (excludes halogenated alkanes) is 5. The van der Waals surface area contributed by atoms with Crippen LogP contribution in [-0.4, -0.2) is 6.54 Å². The first-order valence-corrected chi connectivity index (χ1v) is 13.2. The maximum atomic E-state index is 3.71. The van der Waals surface area contributed by atoms with Crippen LogP contribution in [0.25, 0.3) is 43.8 Å². The molecule has 5 aromatic carbocycles. The summed E-state index contributed by atoms with van der Waals surface area (Å²) >= 11 is 0. The first-order valence-electron chi connectivity index (χ1n) is 13.2. The van der Waals surface area contributed by atoms with E-state index in [4.69, 9.17) is 0 Å². The molecule has 0 bridgehead atoms. The smallest absolute Gasteiger partial charge is 0.0346 e. The molecule has 35 heavy (non-hydrogen) atoms. The van der Waals surface area contributed by atoms with Gasteiger partial charge in [0.15, 0.2) is 0 Å². The molecular weight excluding hydrogens is 422 g/mol. The van der Waals surface area contributed by atoms with Gasteiger partial charge in [-0.05, 0) is 62.4 Å². The van der Waals surface area contributed by atoms with E-state index in [0.29, 0.717) is 0 Å². The average molecular weight is 458 g/mol. The van der Waals surface area contributed by atoms with E-state index in [0.717, 1.165) is 6.54 Å². The van der Waals surface area contributed by atoms with Crippen molar-refractivity contribution in [2.45, 2.75) is 45.4 Å². The lowest BCUT2D eigenvalue weighted by atomic mass is 9.86. The zero-order chi connectivity index (χ0) is 23.9. The van der Waals surface area contributed by atoms with Crippen molar-refractivity contribution in [3.05, 3.63) is 103 Å². The van der Waals surface area contributed by atoms with Gasteiger partial charge in [0.2, 0.25) is 0 Å². The molecule has 5 rings (SSSR count). The summed E-state index contributed by atoms with van der Waals surface area (Å²) in [5.41, 5.74) is 6.37. The standard InChI is InChI=1S/C34H35N/c1-2-3-4-5-6-15-24-35-28-22-23-31-32(25-28)34(27-18-11-8-12-19-27)30-21-14-13-20-29(30)33(31)26-16-9-7-10-17-26/h7-14,16-23,25,35H,2-6,15,24H2,1H3. The SMILES string of the molecule is CCCCCCCCNc1ccc2c(-c3ccccc3)c3ccccc3c(-c3ccccc3)c2c1. The predicted molar refractivity (Wildman–Crippen MR) is 154 cm³/mol. The van der Waals surface area contributed by atoms with E-state index in [-0.39, 0.29) is 0 Å². The van der Waals surface area contributed by atoms with E-state index >= 15 is 0 Å². The molecule has 0 atom stereocenters. The third-order valence-electron chi connectivity index (χ3n) is 7.01. The summed E-state index contributed by atoms with van der Waals surface area (Å²) in [5, 5.41) is 8.93. The maximum Gasteiger partial charge on any atom is 0.0346 e. The molecule has 1 nitrogen and oxygen atoms in total. The minimum atomic E-state index is 1.03. The normalized spacial score (nSPS) is 11.2. The molecule has 0 fully saturated rings. The van der Waals surface area contributed by atoms with Crippen LogP contribution in [0.1, 0.15) is 45.4 Å². The quantitative estimate of drug-likeness (QED) is 0.162. The van der Waals surface area contributed by atoms with Gasteiger partial charge in [-0.2, -0.15) is 0 Å². The van der Waals surface area contributed by atoms with Crippen LogP contribution in [-0.2, 0) is 0 Å². The van der Waals surface area contributed by atoms with Crippen LogP contribution >= 0.6 is 0 Å². The van der Waals surface area contributed by atoms with Crippen LogP contribution in [0, 0.1) is 0 Å². The molecule has 0 aliphatic heterocycles. The van der Waals surface area contributed by atoms with Gasteiger partial charge in [0.1, 0.15) is 0 Å². The molecule has 0 spiro atoms. The second kappa shape index (κ2) is 11.2. The second-order valence-corrected chi connectivity index (χ2v) is 9.48. The summed E-state index contributed by atoms with van der Waals surface area (Å²) in [4.78, 5) is 0. The van der Waals surface area contributed by atoms with Crippen LogP contribution in [0.5, 0.6) is 0 Å². The molecule has 0 amide bonds. The Kier molecular flexibility index (Phi) is 7.44. The Bertz CT molecular complexity index is 1390. The summed E-state index contributed by atoms with van der Waals surface area (Å²) in [7, 11) is 0. The minimum absolute atomic E-state index is 1.03. The maximum absolute atomic E-state index is 3.71. The molecule has 5 aromatic rings. The number of hydrogen-bond acceptors (Lipinski definition) is 1. The molecule has 0 unspecified atom stereocenters. The van der Waals surface area contributed by atoms with E-state index in [1.54, 1.807) is 0 Å². The summed E-state index contributed by atoms with van der Waals surface area (Å²) < 4.78 is 0. The van der Waals surface area contributed by atoms with Crippen LogP contribution < -0.4 is 5.32 Å². The second-order valence-electron chi connectivity index (χ2n) is 9.48. The fourth-order valence-corrected chi connectivity index (χ4v) is 5.26. The third-order valence-corrected chi connectivity index (χ3v) is 7.01. The lowest BCUT2D eigenvalue weighted by molar-refractivity contribution is 0.617. The Hall–Kier alpha value is -3.58. The lowest BCUT2D eigenvalue weighted by Gasteiger charge is -2.19. The summed E-state index contributed by atoms with van der Waals surface area (Å²) in [6, 6.07) is 37.5. The van der Waals surface area contributed by atoms with Gasteiger partial charge in [-0.3, -0.25) is 0 Å². The van der Waals surface area contributed by atoms with Crippen LogP contribution in [0.3, 0.4) is 0 Å². The monoisotopic (exact) mass is 457 g/mol. The van der Waals surface area contributed by atoms with E-state index in [1.165, 1.54) is 88.0 Å². The first kappa shape index (κ1) is 23.2. The van der Waals surface area contributed by atoms with Gasteiger partial charge >= 0.3 is 0 Å². The number of rotatable bonds is 10. The molecule has 1 heteroatoms. The van der Waals surface area contributed by atoms with Crippen molar-refractivity contribution in [1.82, 2.24) is 0 Å². The number of nitrogens with one attached hydrogen (secondary N) is 1. The Morgan fingerprint density at radius 1 is 0.486 bits per heavy atom. The van der Waals surface area contributed by atoms with Gasteiger partial charge in [-0.1, -0.05) is 130 Å². The van der Waals surface area contributed by atoms with Crippen molar-refractivity contribution in [1.29, 1.82) is 0 Å². The molecule has 0 radical (unpaired) electrons. The Morgan fingerprint density at radius 3 is 1.63 bits per heavy atom. The highest BCUT2D eigenvalue weighted by molar-refractivity contribution is 6.21. The largest absolute Gasteiger partial charge is 0.385 e. The first-order chi connectivity index (χ1) is 17.4. The topological polar surface area (TPSA) is 12.0 Å². The molecule has 0 heterocycles. The summed E-state index contributed by atoms with van der Waals surface area (Å²) in [6.07, 6.45) is 7.90. The minimum Gasteiger partial charge on any atom is -0.385 e. The zero-order valence-electron chi connectivity index (χ0n) is 20.8. The fourth-order valence-electron chi connectivity index (χ4n) is 5.26. The van der Waals surface area contributed by atoms with Gasteiger partial charge < -0.3 is 5.32 Å². The van der Waals surface area contributed by atoms with Crippen molar-refractivity contribution >= 4 is 27.2 Å². The van der Waals surface area contributed by atoms with Gasteiger partial charge in [-0.25, -0.2) is 0 Å². The van der Waals surface area contributed by atoms with Crippen molar-refractivity contribution in [3.63, 3.8) is 0 Å². The average Bonchev–Trinajstić information content (AvgIpc) is 2.92. The lowest BCUT2D eigenvalue weighted by Crippen LogP contribution is -2.01. The van der Waals surface area contributed by atoms with Crippen molar-refractivity contribution < 1.29 is 0 Å². The number of hydrogen-bond donors (Lipinski definition) is 1. The molecule has 1 N–H and O–H groups in total. The Morgan fingerprint density at radius 2 is 1.00 bits per heavy atom. The number of anilines is 1. The molecule has 0 aliphatic carbocycles. The highest BCUT2D eigenvalue weighted by Crippen LogP contribution is 2.44. The Labute approximate surface area is 209 Å². The zero-order valence-corrected chi connectivity index (χ0v) is 20.8. The van der Waals surface area contributed by atoms with E-state index in [9.17, 15) is 0 Å².